The quantitative estimate of drug-likeness (QED) is 0.417. The second-order valence-corrected chi connectivity index (χ2v) is 9.27. The number of benzene rings is 3. The van der Waals surface area contributed by atoms with Crippen LogP contribution in [0.2, 0.25) is 0 Å². The number of aryl methyl sites for hydroxylation is 1. The number of carbonyl (C=O) groups excluding carboxylic acids is 1. The summed E-state index contributed by atoms with van der Waals surface area (Å²) in [6.07, 6.45) is 0.642. The van der Waals surface area contributed by atoms with E-state index in [1.54, 1.807) is 0 Å². The molecule has 33 heavy (non-hydrogen) atoms. The number of nitrogens with zero attached hydrogens (tertiary/aromatic N) is 1. The van der Waals surface area contributed by atoms with Gasteiger partial charge in [0, 0.05) is 34.9 Å². The van der Waals surface area contributed by atoms with E-state index in [0.717, 1.165) is 17.4 Å². The Bertz CT molecular complexity index is 1320. The van der Waals surface area contributed by atoms with Crippen LogP contribution in [0.5, 0.6) is 5.75 Å². The molecule has 1 amide bonds. The van der Waals surface area contributed by atoms with E-state index in [0.29, 0.717) is 24.2 Å². The number of ether oxygens (including phenoxy) is 1. The van der Waals surface area contributed by atoms with Gasteiger partial charge in [-0.25, -0.2) is 8.42 Å². The van der Waals surface area contributed by atoms with Gasteiger partial charge >= 0.3 is 0 Å². The number of amides is 1. The largest absolute Gasteiger partial charge is 0.493 e. The Kier molecular flexibility index (Phi) is 6.01. The number of nitro benzene ring substituents is 1. The van der Waals surface area contributed by atoms with E-state index in [-0.39, 0.29) is 28.2 Å². The van der Waals surface area contributed by atoms with Crippen molar-refractivity contribution >= 4 is 27.3 Å². The third-order valence-corrected chi connectivity index (χ3v) is 6.73. The summed E-state index contributed by atoms with van der Waals surface area (Å²) in [4.78, 5) is 23.0. The highest BCUT2D eigenvalue weighted by Crippen LogP contribution is 2.31. The number of nitro groups is 1. The van der Waals surface area contributed by atoms with Crippen LogP contribution in [0.25, 0.3) is 0 Å². The average molecular weight is 468 g/mol. The molecule has 0 fully saturated rings. The van der Waals surface area contributed by atoms with Gasteiger partial charge in [-0.1, -0.05) is 24.3 Å². The highest BCUT2D eigenvalue weighted by molar-refractivity contribution is 7.92. The van der Waals surface area contributed by atoms with Crippen molar-refractivity contribution in [2.24, 2.45) is 0 Å². The van der Waals surface area contributed by atoms with E-state index in [9.17, 15) is 23.3 Å². The van der Waals surface area contributed by atoms with Crippen LogP contribution in [-0.4, -0.2) is 25.9 Å². The maximum Gasteiger partial charge on any atom is 0.273 e. The fourth-order valence-electron chi connectivity index (χ4n) is 3.59. The Morgan fingerprint density at radius 2 is 1.82 bits per heavy atom. The first-order chi connectivity index (χ1) is 15.7. The van der Waals surface area contributed by atoms with E-state index in [1.807, 2.05) is 24.3 Å². The van der Waals surface area contributed by atoms with Gasteiger partial charge in [0.25, 0.3) is 21.6 Å². The van der Waals surface area contributed by atoms with Crippen molar-refractivity contribution in [1.29, 1.82) is 0 Å². The minimum absolute atomic E-state index is 0.182. The fraction of sp³-hybridized carbons (Fsp3) is 0.174. The van der Waals surface area contributed by atoms with E-state index in [4.69, 9.17) is 4.74 Å². The van der Waals surface area contributed by atoms with Crippen molar-refractivity contribution in [3.63, 3.8) is 0 Å². The Morgan fingerprint density at radius 3 is 2.55 bits per heavy atom. The summed E-state index contributed by atoms with van der Waals surface area (Å²) in [5.41, 5.74) is 1.59. The summed E-state index contributed by atoms with van der Waals surface area (Å²) in [5, 5.41) is 14.1. The Morgan fingerprint density at radius 1 is 1.09 bits per heavy atom. The van der Waals surface area contributed by atoms with Crippen molar-refractivity contribution in [2.75, 3.05) is 11.3 Å². The van der Waals surface area contributed by atoms with Crippen LogP contribution in [0, 0.1) is 17.0 Å². The Hall–Kier alpha value is -3.92. The van der Waals surface area contributed by atoms with E-state index >= 15 is 0 Å². The van der Waals surface area contributed by atoms with Gasteiger partial charge < -0.3 is 10.1 Å². The van der Waals surface area contributed by atoms with Crippen molar-refractivity contribution in [3.8, 4) is 5.75 Å². The minimum Gasteiger partial charge on any atom is -0.493 e. The zero-order chi connectivity index (χ0) is 23.6. The van der Waals surface area contributed by atoms with Gasteiger partial charge in [-0.15, -0.1) is 0 Å². The first kappa shape index (κ1) is 22.3. The molecule has 4 rings (SSSR count). The lowest BCUT2D eigenvalue weighted by atomic mass is 10.00. The molecule has 1 unspecified atom stereocenters. The van der Waals surface area contributed by atoms with Crippen LogP contribution in [0.15, 0.2) is 71.6 Å². The summed E-state index contributed by atoms with van der Waals surface area (Å²) in [6, 6.07) is 17.0. The molecule has 0 radical (unpaired) electrons. The second kappa shape index (κ2) is 8.91. The fourth-order valence-corrected chi connectivity index (χ4v) is 4.67. The topological polar surface area (TPSA) is 128 Å². The monoisotopic (exact) mass is 467 g/mol. The molecule has 0 aromatic heterocycles. The smallest absolute Gasteiger partial charge is 0.273 e. The number of sulfonamides is 1. The van der Waals surface area contributed by atoms with Crippen LogP contribution in [-0.2, 0) is 10.0 Å². The molecule has 3 aromatic rings. The van der Waals surface area contributed by atoms with Crippen molar-refractivity contribution in [1.82, 2.24) is 5.32 Å². The maximum absolute atomic E-state index is 12.7. The molecule has 1 aliphatic heterocycles. The number of anilines is 1. The molecule has 0 bridgehead atoms. The Balaban J connectivity index is 1.47. The first-order valence-electron chi connectivity index (χ1n) is 10.1. The lowest BCUT2D eigenvalue weighted by molar-refractivity contribution is -0.385. The van der Waals surface area contributed by atoms with E-state index in [2.05, 4.69) is 10.0 Å². The van der Waals surface area contributed by atoms with Crippen molar-refractivity contribution in [3.05, 3.63) is 93.5 Å². The molecule has 0 saturated heterocycles. The summed E-state index contributed by atoms with van der Waals surface area (Å²) >= 11 is 0. The normalized spacial score (nSPS) is 15.1. The van der Waals surface area contributed by atoms with Gasteiger partial charge in [0.05, 0.1) is 22.5 Å². The number of rotatable bonds is 6. The lowest BCUT2D eigenvalue weighted by Gasteiger charge is -2.26. The van der Waals surface area contributed by atoms with Gasteiger partial charge in [0.15, 0.2) is 0 Å². The standard InChI is InChI=1S/C23H21N3O6S/c1-15-6-11-18(14-21(15)26(28)29)33(30,31)25-17-9-7-16(8-10-17)23(27)24-20-12-13-32-22-5-3-2-4-19(20)22/h2-11,14,20,25H,12-13H2,1H3,(H,24,27). The van der Waals surface area contributed by atoms with Crippen molar-refractivity contribution < 1.29 is 22.9 Å². The molecule has 170 valence electrons. The molecule has 2 N–H and O–H groups in total. The predicted octanol–water partition coefficient (Wildman–Crippen LogP) is 3.96. The number of para-hydroxylation sites is 1. The highest BCUT2D eigenvalue weighted by Gasteiger charge is 2.23. The molecular weight excluding hydrogens is 446 g/mol. The molecule has 0 saturated carbocycles. The SMILES string of the molecule is Cc1ccc(S(=O)(=O)Nc2ccc(C(=O)NC3CCOc4ccccc43)cc2)cc1[N+](=O)[O-]. The number of hydrogen-bond donors (Lipinski definition) is 2. The molecule has 9 nitrogen and oxygen atoms in total. The molecule has 3 aromatic carbocycles. The zero-order valence-electron chi connectivity index (χ0n) is 17.6. The lowest BCUT2D eigenvalue weighted by Crippen LogP contribution is -2.32. The molecule has 1 heterocycles. The van der Waals surface area contributed by atoms with E-state index in [1.165, 1.54) is 43.3 Å². The molecule has 1 atom stereocenters. The van der Waals surface area contributed by atoms with Crippen LogP contribution < -0.4 is 14.8 Å². The maximum atomic E-state index is 12.7. The summed E-state index contributed by atoms with van der Waals surface area (Å²) < 4.78 is 33.3. The highest BCUT2D eigenvalue weighted by atomic mass is 32.2. The van der Waals surface area contributed by atoms with Crippen LogP contribution >= 0.6 is 0 Å². The number of hydrogen-bond acceptors (Lipinski definition) is 6. The summed E-state index contributed by atoms with van der Waals surface area (Å²) in [5.74, 6) is 0.454. The van der Waals surface area contributed by atoms with Crippen LogP contribution in [0.4, 0.5) is 11.4 Å². The van der Waals surface area contributed by atoms with Crippen molar-refractivity contribution in [2.45, 2.75) is 24.3 Å². The second-order valence-electron chi connectivity index (χ2n) is 7.59. The average Bonchev–Trinajstić information content (AvgIpc) is 2.79. The molecule has 1 aliphatic rings. The number of nitrogens with one attached hydrogen (secondary N) is 2. The molecule has 10 heteroatoms. The number of fused-ring (bicyclic) bond motifs is 1. The first-order valence-corrected chi connectivity index (χ1v) is 11.6. The molecular formula is C23H21N3O6S. The van der Waals surface area contributed by atoms with Gasteiger partial charge in [-0.2, -0.15) is 0 Å². The number of carbonyl (C=O) groups is 1. The van der Waals surface area contributed by atoms with E-state index < -0.39 is 14.9 Å². The third kappa shape index (κ3) is 4.80. The zero-order valence-corrected chi connectivity index (χ0v) is 18.5. The minimum atomic E-state index is -4.04. The van der Waals surface area contributed by atoms with Crippen LogP contribution in [0.3, 0.4) is 0 Å². The van der Waals surface area contributed by atoms with Gasteiger partial charge in [0.1, 0.15) is 5.75 Å². The molecule has 0 spiro atoms. The van der Waals surface area contributed by atoms with Gasteiger partial charge in [-0.3, -0.25) is 19.6 Å². The summed E-state index contributed by atoms with van der Waals surface area (Å²) in [6.45, 7) is 2.03. The third-order valence-electron chi connectivity index (χ3n) is 5.35. The predicted molar refractivity (Wildman–Crippen MR) is 122 cm³/mol. The molecule has 0 aliphatic carbocycles. The Labute approximate surface area is 190 Å². The van der Waals surface area contributed by atoms with Gasteiger partial charge in [0.2, 0.25) is 0 Å². The van der Waals surface area contributed by atoms with Crippen LogP contribution in [0.1, 0.15) is 33.9 Å². The summed E-state index contributed by atoms with van der Waals surface area (Å²) in [7, 11) is -4.04. The van der Waals surface area contributed by atoms with Gasteiger partial charge in [-0.05, 0) is 43.3 Å².